The molecule has 0 saturated carbocycles. The van der Waals surface area contributed by atoms with Crippen molar-refractivity contribution in [2.24, 2.45) is 5.73 Å². The predicted molar refractivity (Wildman–Crippen MR) is 81.1 cm³/mol. The summed E-state index contributed by atoms with van der Waals surface area (Å²) in [4.78, 5) is 19.9. The fourth-order valence-electron chi connectivity index (χ4n) is 1.69. The fraction of sp³-hybridized carbons (Fsp3) is 0.214. The number of aromatic nitrogens is 2. The first kappa shape index (κ1) is 14.6. The van der Waals surface area contributed by atoms with Crippen LogP contribution >= 0.6 is 15.9 Å². The molecule has 0 unspecified atom stereocenters. The molecule has 1 aromatic carbocycles. The van der Waals surface area contributed by atoms with Crippen LogP contribution in [0.3, 0.4) is 0 Å². The van der Waals surface area contributed by atoms with Gasteiger partial charge in [0.2, 0.25) is 5.91 Å². The van der Waals surface area contributed by atoms with E-state index in [0.717, 1.165) is 6.42 Å². The van der Waals surface area contributed by atoms with Gasteiger partial charge in [0.25, 0.3) is 0 Å². The summed E-state index contributed by atoms with van der Waals surface area (Å²) >= 11 is 3.18. The summed E-state index contributed by atoms with van der Waals surface area (Å²) in [5.74, 6) is 0.144. The number of hydrogen-bond acceptors (Lipinski definition) is 4. The lowest BCUT2D eigenvalue weighted by Crippen LogP contribution is -2.36. The van der Waals surface area contributed by atoms with E-state index < -0.39 is 6.04 Å². The van der Waals surface area contributed by atoms with Crippen molar-refractivity contribution in [3.63, 3.8) is 0 Å². The number of amides is 1. The molecule has 0 aliphatic heterocycles. The van der Waals surface area contributed by atoms with Gasteiger partial charge in [-0.15, -0.1) is 0 Å². The monoisotopic (exact) mass is 334 g/mol. The summed E-state index contributed by atoms with van der Waals surface area (Å²) in [5.41, 5.74) is 7.04. The Morgan fingerprint density at radius 2 is 2.00 bits per heavy atom. The zero-order valence-electron chi connectivity index (χ0n) is 10.8. The molecule has 0 radical (unpaired) electrons. The first-order valence-corrected chi connectivity index (χ1v) is 7.02. The normalized spacial score (nSPS) is 11.9. The van der Waals surface area contributed by atoms with Gasteiger partial charge in [0, 0.05) is 0 Å². The second-order valence-corrected chi connectivity index (χ2v) is 5.16. The van der Waals surface area contributed by atoms with Gasteiger partial charge >= 0.3 is 0 Å². The molecule has 1 aromatic heterocycles. The third-order valence-corrected chi connectivity index (χ3v) is 3.20. The van der Waals surface area contributed by atoms with Crippen LogP contribution in [0.1, 0.15) is 12.0 Å². The largest absolute Gasteiger partial charge is 0.320 e. The topological polar surface area (TPSA) is 80.9 Å². The molecule has 1 atom stereocenters. The molecule has 0 spiro atoms. The van der Waals surface area contributed by atoms with Gasteiger partial charge in [-0.25, -0.2) is 9.97 Å². The molecule has 0 aliphatic carbocycles. The number of aryl methyl sites for hydroxylation is 1. The minimum Gasteiger partial charge on any atom is -0.320 e. The maximum atomic E-state index is 11.9. The summed E-state index contributed by atoms with van der Waals surface area (Å²) in [5, 5.41) is 2.65. The maximum absolute atomic E-state index is 11.9. The van der Waals surface area contributed by atoms with Crippen LogP contribution in [0, 0.1) is 0 Å². The van der Waals surface area contributed by atoms with Crippen LogP contribution in [-0.2, 0) is 11.2 Å². The van der Waals surface area contributed by atoms with Gasteiger partial charge < -0.3 is 11.1 Å². The van der Waals surface area contributed by atoms with E-state index in [0.29, 0.717) is 16.8 Å². The molecule has 5 nitrogen and oxygen atoms in total. The highest BCUT2D eigenvalue weighted by Gasteiger charge is 2.14. The van der Waals surface area contributed by atoms with E-state index in [9.17, 15) is 4.79 Å². The molecule has 1 heterocycles. The molecule has 0 aliphatic rings. The number of anilines is 1. The van der Waals surface area contributed by atoms with Crippen molar-refractivity contribution in [3.8, 4) is 0 Å². The van der Waals surface area contributed by atoms with Crippen molar-refractivity contribution in [2.45, 2.75) is 18.9 Å². The summed E-state index contributed by atoms with van der Waals surface area (Å²) in [6, 6.07) is 9.37. The molecular weight excluding hydrogens is 320 g/mol. The Kier molecular flexibility index (Phi) is 5.20. The molecule has 3 N–H and O–H groups in total. The molecule has 2 aromatic rings. The first-order chi connectivity index (χ1) is 9.65. The Bertz CT molecular complexity index is 559. The second kappa shape index (κ2) is 7.12. The number of nitrogens with one attached hydrogen (secondary N) is 1. The zero-order valence-corrected chi connectivity index (χ0v) is 12.4. The maximum Gasteiger partial charge on any atom is 0.242 e. The average Bonchev–Trinajstić information content (AvgIpc) is 2.48. The lowest BCUT2D eigenvalue weighted by atomic mass is 10.1. The number of halogens is 1. The van der Waals surface area contributed by atoms with Crippen LogP contribution in [0.25, 0.3) is 0 Å². The Morgan fingerprint density at radius 3 is 2.65 bits per heavy atom. The number of hydrogen-bond donors (Lipinski definition) is 2. The van der Waals surface area contributed by atoms with E-state index in [2.05, 4.69) is 31.2 Å². The first-order valence-electron chi connectivity index (χ1n) is 6.23. The van der Waals surface area contributed by atoms with Crippen molar-refractivity contribution in [1.29, 1.82) is 0 Å². The van der Waals surface area contributed by atoms with E-state index >= 15 is 0 Å². The molecule has 0 fully saturated rings. The van der Waals surface area contributed by atoms with Crippen molar-refractivity contribution in [3.05, 3.63) is 52.9 Å². The molecule has 1 amide bonds. The lowest BCUT2D eigenvalue weighted by Gasteiger charge is -2.11. The van der Waals surface area contributed by atoms with Crippen LogP contribution in [0.15, 0.2) is 47.3 Å². The lowest BCUT2D eigenvalue weighted by molar-refractivity contribution is -0.117. The molecule has 0 saturated heterocycles. The predicted octanol–water partition coefficient (Wildman–Crippen LogP) is 2.14. The van der Waals surface area contributed by atoms with Crippen LogP contribution < -0.4 is 11.1 Å². The molecule has 2 rings (SSSR count). The molecule has 0 bridgehead atoms. The minimum absolute atomic E-state index is 0.252. The Labute approximate surface area is 125 Å². The third-order valence-electron chi connectivity index (χ3n) is 2.80. The SMILES string of the molecule is N[C@@H](CCc1ccccc1)C(=O)Nc1cnc(Br)cn1. The number of carbonyl (C=O) groups excluding carboxylic acids is 1. The number of nitrogens with two attached hydrogens (primary N) is 1. The molecule has 104 valence electrons. The van der Waals surface area contributed by atoms with Crippen molar-refractivity contribution < 1.29 is 4.79 Å². The van der Waals surface area contributed by atoms with E-state index in [4.69, 9.17) is 5.73 Å². The van der Waals surface area contributed by atoms with Crippen molar-refractivity contribution >= 4 is 27.7 Å². The van der Waals surface area contributed by atoms with Crippen LogP contribution in [-0.4, -0.2) is 21.9 Å². The van der Waals surface area contributed by atoms with E-state index in [1.165, 1.54) is 18.0 Å². The highest BCUT2D eigenvalue weighted by Crippen LogP contribution is 2.08. The van der Waals surface area contributed by atoms with Gasteiger partial charge in [-0.2, -0.15) is 0 Å². The molecule has 20 heavy (non-hydrogen) atoms. The van der Waals surface area contributed by atoms with Gasteiger partial charge in [0.05, 0.1) is 18.4 Å². The van der Waals surface area contributed by atoms with Crippen molar-refractivity contribution in [1.82, 2.24) is 9.97 Å². The number of benzene rings is 1. The Morgan fingerprint density at radius 1 is 1.25 bits per heavy atom. The van der Waals surface area contributed by atoms with Gasteiger partial charge in [0.15, 0.2) is 5.82 Å². The van der Waals surface area contributed by atoms with E-state index in [1.54, 1.807) is 0 Å². The van der Waals surface area contributed by atoms with Crippen LogP contribution in [0.2, 0.25) is 0 Å². The van der Waals surface area contributed by atoms with Crippen molar-refractivity contribution in [2.75, 3.05) is 5.32 Å². The zero-order chi connectivity index (χ0) is 14.4. The number of nitrogens with zero attached hydrogens (tertiary/aromatic N) is 2. The van der Waals surface area contributed by atoms with Crippen LogP contribution in [0.5, 0.6) is 0 Å². The summed E-state index contributed by atoms with van der Waals surface area (Å²) in [6.45, 7) is 0. The number of rotatable bonds is 5. The van der Waals surface area contributed by atoms with Crippen LogP contribution in [0.4, 0.5) is 5.82 Å². The summed E-state index contributed by atoms with van der Waals surface area (Å²) in [6.07, 6.45) is 4.35. The summed E-state index contributed by atoms with van der Waals surface area (Å²) < 4.78 is 0.615. The molecule has 6 heteroatoms. The highest BCUT2D eigenvalue weighted by molar-refractivity contribution is 9.10. The van der Waals surface area contributed by atoms with Gasteiger partial charge in [0.1, 0.15) is 4.60 Å². The van der Waals surface area contributed by atoms with Gasteiger partial charge in [-0.3, -0.25) is 4.79 Å². The van der Waals surface area contributed by atoms with E-state index in [1.807, 2.05) is 30.3 Å². The standard InChI is InChI=1S/C14H15BrN4O/c15-12-8-18-13(9-17-12)19-14(20)11(16)7-6-10-4-2-1-3-5-10/h1-5,8-9,11H,6-7,16H2,(H,18,19,20)/t11-/m0/s1. The highest BCUT2D eigenvalue weighted by atomic mass is 79.9. The summed E-state index contributed by atoms with van der Waals surface area (Å²) in [7, 11) is 0. The van der Waals surface area contributed by atoms with E-state index in [-0.39, 0.29) is 5.91 Å². The minimum atomic E-state index is -0.569. The number of carbonyl (C=O) groups is 1. The van der Waals surface area contributed by atoms with Gasteiger partial charge in [-0.1, -0.05) is 30.3 Å². The quantitative estimate of drug-likeness (QED) is 0.877. The smallest absolute Gasteiger partial charge is 0.242 e. The molecular formula is C14H15BrN4O. The Balaban J connectivity index is 1.84. The second-order valence-electron chi connectivity index (χ2n) is 4.34. The fourth-order valence-corrected chi connectivity index (χ4v) is 1.90. The third kappa shape index (κ3) is 4.40. The van der Waals surface area contributed by atoms with Gasteiger partial charge in [-0.05, 0) is 34.3 Å². The Hall–Kier alpha value is -1.79. The average molecular weight is 335 g/mol.